The van der Waals surface area contributed by atoms with Crippen molar-refractivity contribution < 1.29 is 14.3 Å². The van der Waals surface area contributed by atoms with Gasteiger partial charge in [0.25, 0.3) is 0 Å². The lowest BCUT2D eigenvalue weighted by Gasteiger charge is -2.43. The molecule has 1 aromatic rings. The Kier molecular flexibility index (Phi) is 5.52. The summed E-state index contributed by atoms with van der Waals surface area (Å²) in [6.07, 6.45) is 6.65. The molecular weight excluding hydrogens is 330 g/mol. The number of amides is 1. The second-order valence-electron chi connectivity index (χ2n) is 8.00. The lowest BCUT2D eigenvalue weighted by molar-refractivity contribution is -0.138. The maximum absolute atomic E-state index is 12.6. The zero-order valence-corrected chi connectivity index (χ0v) is 15.4. The molecule has 3 saturated heterocycles. The molecule has 4 rings (SSSR count). The van der Waals surface area contributed by atoms with E-state index >= 15 is 0 Å². The van der Waals surface area contributed by atoms with Crippen LogP contribution in [-0.4, -0.2) is 73.3 Å². The van der Waals surface area contributed by atoms with Crippen molar-refractivity contribution in [3.05, 3.63) is 30.1 Å². The third-order valence-electron chi connectivity index (χ3n) is 6.09. The van der Waals surface area contributed by atoms with E-state index in [0.29, 0.717) is 12.5 Å². The third-order valence-corrected chi connectivity index (χ3v) is 6.09. The summed E-state index contributed by atoms with van der Waals surface area (Å²) in [6, 6.07) is 4.17. The Morgan fingerprint density at radius 2 is 1.96 bits per heavy atom. The van der Waals surface area contributed by atoms with Crippen LogP contribution in [-0.2, 0) is 20.8 Å². The molecule has 6 heteroatoms. The van der Waals surface area contributed by atoms with E-state index in [4.69, 9.17) is 9.47 Å². The number of hydrogen-bond acceptors (Lipinski definition) is 5. The monoisotopic (exact) mass is 359 g/mol. The van der Waals surface area contributed by atoms with Gasteiger partial charge in [-0.3, -0.25) is 14.7 Å². The van der Waals surface area contributed by atoms with Gasteiger partial charge in [0.2, 0.25) is 5.91 Å². The van der Waals surface area contributed by atoms with Gasteiger partial charge in [0.1, 0.15) is 0 Å². The molecule has 3 aliphatic rings. The number of piperidine rings is 1. The first-order chi connectivity index (χ1) is 12.7. The minimum atomic E-state index is 0.0811. The van der Waals surface area contributed by atoms with E-state index in [1.54, 1.807) is 0 Å². The highest BCUT2D eigenvalue weighted by molar-refractivity contribution is 5.79. The second kappa shape index (κ2) is 8.03. The molecular formula is C20H29N3O3. The molecule has 142 valence electrons. The lowest BCUT2D eigenvalue weighted by Crippen LogP contribution is -2.50. The van der Waals surface area contributed by atoms with Crippen molar-refractivity contribution in [1.29, 1.82) is 0 Å². The normalized spacial score (nSPS) is 26.8. The van der Waals surface area contributed by atoms with Gasteiger partial charge in [0.05, 0.1) is 25.7 Å². The molecule has 1 unspecified atom stereocenters. The Labute approximate surface area is 155 Å². The third kappa shape index (κ3) is 4.08. The zero-order chi connectivity index (χ0) is 17.8. The fourth-order valence-electron chi connectivity index (χ4n) is 4.45. The molecule has 0 N–H and O–H groups in total. The Morgan fingerprint density at radius 3 is 2.69 bits per heavy atom. The minimum absolute atomic E-state index is 0.0811. The van der Waals surface area contributed by atoms with Crippen molar-refractivity contribution in [3.8, 4) is 0 Å². The van der Waals surface area contributed by atoms with E-state index < -0.39 is 0 Å². The topological polar surface area (TPSA) is 54.9 Å². The van der Waals surface area contributed by atoms with Crippen LogP contribution in [0.3, 0.4) is 0 Å². The molecule has 0 aliphatic carbocycles. The molecule has 4 heterocycles. The summed E-state index contributed by atoms with van der Waals surface area (Å²) in [5.74, 6) is 0.373. The fourth-order valence-corrected chi connectivity index (χ4v) is 4.45. The van der Waals surface area contributed by atoms with Gasteiger partial charge < -0.3 is 14.4 Å². The van der Waals surface area contributed by atoms with Crippen LogP contribution in [0.25, 0.3) is 0 Å². The van der Waals surface area contributed by atoms with Crippen LogP contribution in [0.2, 0.25) is 0 Å². The number of ether oxygens (including phenoxy) is 2. The van der Waals surface area contributed by atoms with Crippen molar-refractivity contribution >= 4 is 5.91 Å². The largest absolute Gasteiger partial charge is 0.381 e. The first kappa shape index (κ1) is 17.9. The average molecular weight is 359 g/mol. The summed E-state index contributed by atoms with van der Waals surface area (Å²) in [5.41, 5.74) is 1.47. The predicted octanol–water partition coefficient (Wildman–Crippen LogP) is 1.56. The fraction of sp³-hybridized carbons (Fsp3) is 0.700. The molecule has 1 atom stereocenters. The highest BCUT2D eigenvalue weighted by Gasteiger charge is 2.40. The second-order valence-corrected chi connectivity index (χ2v) is 8.00. The number of rotatable bonds is 3. The van der Waals surface area contributed by atoms with Crippen molar-refractivity contribution in [2.24, 2.45) is 11.3 Å². The molecule has 0 radical (unpaired) electrons. The van der Waals surface area contributed by atoms with Crippen LogP contribution in [0, 0.1) is 11.3 Å². The van der Waals surface area contributed by atoms with Crippen LogP contribution in [0.15, 0.2) is 24.5 Å². The standard InChI is InChI=1S/C20H29N3O3/c24-19(18-3-11-25-14-18)23-8-4-20(5-9-23)15-22(10-12-26-16-20)13-17-1-6-21-7-2-17/h1-2,6-7,18H,3-5,8-16H2. The van der Waals surface area contributed by atoms with Crippen LogP contribution >= 0.6 is 0 Å². The number of hydrogen-bond donors (Lipinski definition) is 0. The predicted molar refractivity (Wildman–Crippen MR) is 97.5 cm³/mol. The lowest BCUT2D eigenvalue weighted by atomic mass is 9.78. The van der Waals surface area contributed by atoms with Gasteiger partial charge in [-0.25, -0.2) is 0 Å². The summed E-state index contributed by atoms with van der Waals surface area (Å²) in [4.78, 5) is 21.3. The van der Waals surface area contributed by atoms with Gasteiger partial charge in [-0.1, -0.05) is 0 Å². The van der Waals surface area contributed by atoms with E-state index in [-0.39, 0.29) is 11.3 Å². The van der Waals surface area contributed by atoms with Gasteiger partial charge in [0, 0.05) is 57.1 Å². The molecule has 0 aromatic carbocycles. The minimum Gasteiger partial charge on any atom is -0.381 e. The molecule has 1 spiro atoms. The van der Waals surface area contributed by atoms with Crippen molar-refractivity contribution in [2.75, 3.05) is 52.6 Å². The molecule has 1 amide bonds. The van der Waals surface area contributed by atoms with E-state index in [9.17, 15) is 4.79 Å². The first-order valence-corrected chi connectivity index (χ1v) is 9.80. The van der Waals surface area contributed by atoms with E-state index in [1.807, 2.05) is 12.4 Å². The molecule has 0 bridgehead atoms. The Hall–Kier alpha value is -1.50. The van der Waals surface area contributed by atoms with Crippen molar-refractivity contribution in [3.63, 3.8) is 0 Å². The SMILES string of the molecule is O=C(C1CCOC1)N1CCC2(CC1)COCCN(Cc1ccncc1)C2. The first-order valence-electron chi connectivity index (χ1n) is 9.80. The van der Waals surface area contributed by atoms with Gasteiger partial charge in [0.15, 0.2) is 0 Å². The van der Waals surface area contributed by atoms with Crippen molar-refractivity contribution in [2.45, 2.75) is 25.8 Å². The molecule has 26 heavy (non-hydrogen) atoms. The van der Waals surface area contributed by atoms with Crippen LogP contribution < -0.4 is 0 Å². The van der Waals surface area contributed by atoms with Crippen LogP contribution in [0.1, 0.15) is 24.8 Å². The Morgan fingerprint density at radius 1 is 1.15 bits per heavy atom. The van der Waals surface area contributed by atoms with Gasteiger partial charge in [-0.15, -0.1) is 0 Å². The molecule has 0 saturated carbocycles. The van der Waals surface area contributed by atoms with Crippen LogP contribution in [0.4, 0.5) is 0 Å². The van der Waals surface area contributed by atoms with Gasteiger partial charge in [-0.05, 0) is 37.0 Å². The molecule has 3 aliphatic heterocycles. The number of pyridine rings is 1. The average Bonchev–Trinajstić information content (AvgIpc) is 3.14. The van der Waals surface area contributed by atoms with Gasteiger partial charge in [-0.2, -0.15) is 0 Å². The number of aromatic nitrogens is 1. The summed E-state index contributed by atoms with van der Waals surface area (Å²) in [5, 5.41) is 0. The number of carbonyl (C=O) groups is 1. The number of carbonyl (C=O) groups excluding carboxylic acids is 1. The van der Waals surface area contributed by atoms with Gasteiger partial charge >= 0.3 is 0 Å². The number of nitrogens with zero attached hydrogens (tertiary/aromatic N) is 3. The highest BCUT2D eigenvalue weighted by Crippen LogP contribution is 2.35. The number of likely N-dealkylation sites (tertiary alicyclic amines) is 1. The molecule has 3 fully saturated rings. The van der Waals surface area contributed by atoms with Crippen LogP contribution in [0.5, 0.6) is 0 Å². The smallest absolute Gasteiger partial charge is 0.228 e. The quantitative estimate of drug-likeness (QED) is 0.820. The maximum atomic E-state index is 12.6. The van der Waals surface area contributed by atoms with E-state index in [1.165, 1.54) is 5.56 Å². The van der Waals surface area contributed by atoms with Crippen molar-refractivity contribution in [1.82, 2.24) is 14.8 Å². The highest BCUT2D eigenvalue weighted by atomic mass is 16.5. The molecule has 1 aromatic heterocycles. The Bertz CT molecular complexity index is 596. The summed E-state index contributed by atoms with van der Waals surface area (Å²) in [6.45, 7) is 7.58. The zero-order valence-electron chi connectivity index (χ0n) is 15.4. The summed E-state index contributed by atoms with van der Waals surface area (Å²) >= 11 is 0. The molecule has 6 nitrogen and oxygen atoms in total. The summed E-state index contributed by atoms with van der Waals surface area (Å²) in [7, 11) is 0. The summed E-state index contributed by atoms with van der Waals surface area (Å²) < 4.78 is 11.4. The van der Waals surface area contributed by atoms with E-state index in [0.717, 1.165) is 71.8 Å². The Balaban J connectivity index is 1.36. The van der Waals surface area contributed by atoms with E-state index in [2.05, 4.69) is 26.9 Å². The maximum Gasteiger partial charge on any atom is 0.228 e.